The molecule has 13 nitrogen and oxygen atoms in total. The van der Waals surface area contributed by atoms with Crippen molar-refractivity contribution < 1.29 is 38.3 Å². The van der Waals surface area contributed by atoms with Gasteiger partial charge >= 0.3 is 5.97 Å². The maximum Gasteiger partial charge on any atom is 0.338 e. The van der Waals surface area contributed by atoms with Gasteiger partial charge in [-0.05, 0) is 18.2 Å². The number of ether oxygens (including phenoxy) is 5. The lowest BCUT2D eigenvalue weighted by Crippen LogP contribution is -2.15. The molecule has 0 fully saturated rings. The summed E-state index contributed by atoms with van der Waals surface area (Å²) in [5.74, 6) is -0.388. The SMILES string of the molecule is O=C(OCCOCCOCCOCCOCCNc1ccc([N+](=O)[O-])cc1[N+](=O)[O-])c1ccccc1. The van der Waals surface area contributed by atoms with Crippen LogP contribution < -0.4 is 5.32 Å². The number of esters is 1. The standard InChI is InChI=1S/C23H29N3O10/c27-23(19-4-2-1-3-5-19)36-17-16-35-15-14-34-13-12-33-11-10-32-9-8-24-21-7-6-20(25(28)29)18-22(21)26(30)31/h1-7,18,24H,8-17H2. The van der Waals surface area contributed by atoms with Crippen molar-refractivity contribution in [2.24, 2.45) is 0 Å². The van der Waals surface area contributed by atoms with Crippen LogP contribution in [0.25, 0.3) is 0 Å². The second-order valence-electron chi connectivity index (χ2n) is 7.09. The second kappa shape index (κ2) is 16.9. The smallest absolute Gasteiger partial charge is 0.338 e. The van der Waals surface area contributed by atoms with Crippen molar-refractivity contribution >= 4 is 23.0 Å². The van der Waals surface area contributed by atoms with Crippen LogP contribution in [0.5, 0.6) is 0 Å². The summed E-state index contributed by atoms with van der Waals surface area (Å²) >= 11 is 0. The van der Waals surface area contributed by atoms with Crippen molar-refractivity contribution in [1.82, 2.24) is 0 Å². The topological polar surface area (TPSA) is 162 Å². The number of hydrogen-bond donors (Lipinski definition) is 1. The lowest BCUT2D eigenvalue weighted by molar-refractivity contribution is -0.393. The fourth-order valence-corrected chi connectivity index (χ4v) is 2.80. The summed E-state index contributed by atoms with van der Waals surface area (Å²) < 4.78 is 26.6. The first kappa shape index (κ1) is 28.6. The monoisotopic (exact) mass is 507 g/mol. The number of anilines is 1. The number of carbonyl (C=O) groups is 1. The van der Waals surface area contributed by atoms with Crippen molar-refractivity contribution in [3.8, 4) is 0 Å². The van der Waals surface area contributed by atoms with E-state index in [1.54, 1.807) is 24.3 Å². The van der Waals surface area contributed by atoms with Gasteiger partial charge in [-0.1, -0.05) is 18.2 Å². The molecule has 2 rings (SSSR count). The minimum absolute atomic E-state index is 0.164. The predicted molar refractivity (Wildman–Crippen MR) is 128 cm³/mol. The Bertz CT molecular complexity index is 958. The van der Waals surface area contributed by atoms with Gasteiger partial charge in [0.05, 0.1) is 74.3 Å². The second-order valence-corrected chi connectivity index (χ2v) is 7.09. The van der Waals surface area contributed by atoms with Gasteiger partial charge in [-0.3, -0.25) is 20.2 Å². The van der Waals surface area contributed by atoms with E-state index < -0.39 is 9.85 Å². The largest absolute Gasteiger partial charge is 0.460 e. The molecule has 0 radical (unpaired) electrons. The maximum absolute atomic E-state index is 11.7. The highest BCUT2D eigenvalue weighted by Crippen LogP contribution is 2.28. The van der Waals surface area contributed by atoms with Crippen LogP contribution in [0.15, 0.2) is 48.5 Å². The van der Waals surface area contributed by atoms with Crippen LogP contribution >= 0.6 is 0 Å². The molecule has 2 aromatic carbocycles. The maximum atomic E-state index is 11.7. The van der Waals surface area contributed by atoms with Gasteiger partial charge in [0.15, 0.2) is 0 Å². The molecule has 0 aliphatic rings. The van der Waals surface area contributed by atoms with Crippen molar-refractivity contribution in [1.29, 1.82) is 0 Å². The molecule has 1 N–H and O–H groups in total. The Morgan fingerprint density at radius 3 is 1.83 bits per heavy atom. The van der Waals surface area contributed by atoms with Crippen molar-refractivity contribution in [3.63, 3.8) is 0 Å². The summed E-state index contributed by atoms with van der Waals surface area (Å²) in [5.41, 5.74) is -0.0420. The highest BCUT2D eigenvalue weighted by atomic mass is 16.6. The quantitative estimate of drug-likeness (QED) is 0.129. The van der Waals surface area contributed by atoms with Crippen molar-refractivity contribution in [2.75, 3.05) is 71.3 Å². The molecule has 36 heavy (non-hydrogen) atoms. The molecule has 2 aromatic rings. The third-order valence-corrected chi connectivity index (χ3v) is 4.54. The molecule has 0 atom stereocenters. The molecule has 0 aromatic heterocycles. The molecular formula is C23H29N3O10. The highest BCUT2D eigenvalue weighted by molar-refractivity contribution is 5.89. The van der Waals surface area contributed by atoms with Gasteiger partial charge in [0, 0.05) is 12.6 Å². The van der Waals surface area contributed by atoms with Gasteiger partial charge in [-0.25, -0.2) is 4.79 Å². The number of non-ortho nitro benzene ring substituents is 1. The number of nitrogens with zero attached hydrogens (tertiary/aromatic N) is 2. The van der Waals surface area contributed by atoms with Crippen LogP contribution in [0.1, 0.15) is 10.4 Å². The minimum Gasteiger partial charge on any atom is -0.460 e. The first-order valence-electron chi connectivity index (χ1n) is 11.2. The van der Waals surface area contributed by atoms with E-state index in [2.05, 4.69) is 5.32 Å². The van der Waals surface area contributed by atoms with E-state index in [1.165, 1.54) is 12.1 Å². The summed E-state index contributed by atoms with van der Waals surface area (Å²) in [6, 6.07) is 12.1. The van der Waals surface area contributed by atoms with Crippen LogP contribution in [0.3, 0.4) is 0 Å². The van der Waals surface area contributed by atoms with E-state index in [1.807, 2.05) is 6.07 Å². The van der Waals surface area contributed by atoms with Gasteiger partial charge in [-0.15, -0.1) is 0 Å². The first-order chi connectivity index (χ1) is 17.5. The molecule has 0 aliphatic heterocycles. The Morgan fingerprint density at radius 1 is 0.722 bits per heavy atom. The highest BCUT2D eigenvalue weighted by Gasteiger charge is 2.19. The third kappa shape index (κ3) is 11.2. The Hall–Kier alpha value is -3.65. The van der Waals surface area contributed by atoms with E-state index in [0.29, 0.717) is 45.2 Å². The molecule has 0 aliphatic carbocycles. The van der Waals surface area contributed by atoms with Crippen LogP contribution in [-0.4, -0.2) is 81.8 Å². The molecule has 0 saturated heterocycles. The summed E-state index contributed by atoms with van der Waals surface area (Å²) in [4.78, 5) is 32.2. The summed E-state index contributed by atoms with van der Waals surface area (Å²) in [7, 11) is 0. The average molecular weight is 507 g/mol. The molecule has 0 bridgehead atoms. The molecular weight excluding hydrogens is 478 g/mol. The van der Waals surface area contributed by atoms with Crippen LogP contribution in [0.2, 0.25) is 0 Å². The third-order valence-electron chi connectivity index (χ3n) is 4.54. The van der Waals surface area contributed by atoms with E-state index in [-0.39, 0.29) is 49.4 Å². The summed E-state index contributed by atoms with van der Waals surface area (Å²) in [6.07, 6.45) is 0. The van der Waals surface area contributed by atoms with Gasteiger partial charge in [0.1, 0.15) is 12.3 Å². The van der Waals surface area contributed by atoms with E-state index in [9.17, 15) is 25.0 Å². The number of nitrogens with one attached hydrogen (secondary N) is 1. The zero-order valence-corrected chi connectivity index (χ0v) is 19.7. The number of hydrogen-bond acceptors (Lipinski definition) is 11. The van der Waals surface area contributed by atoms with Gasteiger partial charge in [-0.2, -0.15) is 0 Å². The first-order valence-corrected chi connectivity index (χ1v) is 11.2. The zero-order chi connectivity index (χ0) is 26.0. The van der Waals surface area contributed by atoms with Crippen molar-refractivity contribution in [3.05, 3.63) is 74.3 Å². The number of rotatable bonds is 19. The Morgan fingerprint density at radius 2 is 1.28 bits per heavy atom. The molecule has 0 unspecified atom stereocenters. The molecule has 0 amide bonds. The molecule has 13 heteroatoms. The Kier molecular flexibility index (Phi) is 13.4. The fraction of sp³-hybridized carbons (Fsp3) is 0.435. The van der Waals surface area contributed by atoms with Crippen molar-refractivity contribution in [2.45, 2.75) is 0 Å². The number of carbonyl (C=O) groups excluding carboxylic acids is 1. The molecule has 0 saturated carbocycles. The van der Waals surface area contributed by atoms with Crippen LogP contribution in [0, 0.1) is 20.2 Å². The van der Waals surface area contributed by atoms with Gasteiger partial charge < -0.3 is 29.0 Å². The fourth-order valence-electron chi connectivity index (χ4n) is 2.80. The minimum atomic E-state index is -0.687. The number of benzene rings is 2. The van der Waals surface area contributed by atoms with E-state index in [4.69, 9.17) is 23.7 Å². The van der Waals surface area contributed by atoms with Crippen LogP contribution in [-0.2, 0) is 23.7 Å². The molecule has 196 valence electrons. The Balaban J connectivity index is 1.38. The summed E-state index contributed by atoms with van der Waals surface area (Å²) in [5, 5.41) is 24.7. The number of nitro groups is 2. The molecule has 0 spiro atoms. The lowest BCUT2D eigenvalue weighted by Gasteiger charge is -2.09. The van der Waals surface area contributed by atoms with Crippen LogP contribution in [0.4, 0.5) is 17.1 Å². The van der Waals surface area contributed by atoms with Gasteiger partial charge in [0.2, 0.25) is 0 Å². The Labute approximate surface area is 207 Å². The van der Waals surface area contributed by atoms with Gasteiger partial charge in [0.25, 0.3) is 11.4 Å². The molecule has 0 heterocycles. The van der Waals surface area contributed by atoms with E-state index in [0.717, 1.165) is 6.07 Å². The zero-order valence-electron chi connectivity index (χ0n) is 19.7. The summed E-state index contributed by atoms with van der Waals surface area (Å²) in [6.45, 7) is 3.19. The predicted octanol–water partition coefficient (Wildman–Crippen LogP) is 2.84. The number of nitro benzene ring substituents is 2. The average Bonchev–Trinajstić information content (AvgIpc) is 2.88. The normalized spacial score (nSPS) is 10.7. The van der Waals surface area contributed by atoms with E-state index >= 15 is 0 Å². The lowest BCUT2D eigenvalue weighted by atomic mass is 10.2.